The summed E-state index contributed by atoms with van der Waals surface area (Å²) < 4.78 is 45.8. The van der Waals surface area contributed by atoms with Crippen molar-refractivity contribution in [1.29, 1.82) is 0 Å². The number of nitrogens with two attached hydrogens (primary N) is 1. The molecule has 3 aromatic rings. The molecule has 6 nitrogen and oxygen atoms in total. The van der Waals surface area contributed by atoms with Crippen LogP contribution < -0.4 is 15.4 Å². The van der Waals surface area contributed by atoms with Gasteiger partial charge in [-0.3, -0.25) is 4.79 Å². The fourth-order valence-corrected chi connectivity index (χ4v) is 3.44. The Morgan fingerprint density at radius 2 is 1.83 bits per heavy atom. The number of pyridine rings is 1. The number of anilines is 1. The number of rotatable bonds is 4. The van der Waals surface area contributed by atoms with Crippen LogP contribution in [0.25, 0.3) is 5.65 Å². The molecule has 0 radical (unpaired) electrons. The second-order valence-corrected chi connectivity index (χ2v) is 6.97. The summed E-state index contributed by atoms with van der Waals surface area (Å²) in [7, 11) is 0. The molecule has 0 spiro atoms. The van der Waals surface area contributed by atoms with Gasteiger partial charge in [0.15, 0.2) is 0 Å². The number of piperidine rings is 1. The third-order valence-corrected chi connectivity index (χ3v) is 4.99. The molecule has 2 aromatic heterocycles. The molecule has 1 fully saturated rings. The van der Waals surface area contributed by atoms with Gasteiger partial charge in [-0.15, -0.1) is 0 Å². The summed E-state index contributed by atoms with van der Waals surface area (Å²) in [5, 5.41) is 0. The van der Waals surface area contributed by atoms with E-state index in [1.54, 1.807) is 28.9 Å². The summed E-state index contributed by atoms with van der Waals surface area (Å²) in [6.07, 6.45) is 0.466. The molecule has 0 unspecified atom stereocenters. The predicted octanol–water partition coefficient (Wildman–Crippen LogP) is 3.50. The van der Waals surface area contributed by atoms with E-state index in [4.69, 9.17) is 10.5 Å². The van der Waals surface area contributed by atoms with Gasteiger partial charge in [0.05, 0.1) is 5.56 Å². The first-order valence-corrected chi connectivity index (χ1v) is 9.17. The summed E-state index contributed by atoms with van der Waals surface area (Å²) >= 11 is 0. The number of aromatic nitrogens is 2. The average molecular weight is 404 g/mol. The van der Waals surface area contributed by atoms with Gasteiger partial charge in [-0.2, -0.15) is 13.2 Å². The minimum absolute atomic E-state index is 0.00581. The second kappa shape index (κ2) is 7.31. The Morgan fingerprint density at radius 1 is 1.14 bits per heavy atom. The molecule has 1 aliphatic heterocycles. The van der Waals surface area contributed by atoms with Crippen molar-refractivity contribution in [2.24, 2.45) is 5.73 Å². The molecule has 4 rings (SSSR count). The van der Waals surface area contributed by atoms with Crippen molar-refractivity contribution >= 4 is 17.2 Å². The van der Waals surface area contributed by atoms with Crippen molar-refractivity contribution < 1.29 is 22.7 Å². The fraction of sp³-hybridized carbons (Fsp3) is 0.300. The first-order chi connectivity index (χ1) is 13.8. The van der Waals surface area contributed by atoms with E-state index in [0.29, 0.717) is 24.5 Å². The molecule has 9 heteroatoms. The van der Waals surface area contributed by atoms with E-state index in [1.165, 1.54) is 12.1 Å². The van der Waals surface area contributed by atoms with Gasteiger partial charge in [-0.1, -0.05) is 0 Å². The number of hydrogen-bond acceptors (Lipinski definition) is 4. The minimum Gasteiger partial charge on any atom is -0.490 e. The smallest absolute Gasteiger partial charge is 0.416 e. The molecule has 2 N–H and O–H groups in total. The lowest BCUT2D eigenvalue weighted by molar-refractivity contribution is -0.137. The molecular formula is C20H19F3N4O2. The average Bonchev–Trinajstić information content (AvgIpc) is 3.12. The quantitative estimate of drug-likeness (QED) is 0.723. The van der Waals surface area contributed by atoms with Crippen LogP contribution in [-0.2, 0) is 6.18 Å². The lowest BCUT2D eigenvalue weighted by Crippen LogP contribution is -2.38. The number of benzene rings is 1. The van der Waals surface area contributed by atoms with Crippen molar-refractivity contribution in [3.8, 4) is 5.75 Å². The molecule has 1 amide bonds. The Kier molecular flexibility index (Phi) is 4.81. The number of halogens is 3. The molecule has 1 aliphatic rings. The number of imidazole rings is 1. The topological polar surface area (TPSA) is 72.9 Å². The maximum absolute atomic E-state index is 12.7. The monoisotopic (exact) mass is 404 g/mol. The first kappa shape index (κ1) is 19.1. The van der Waals surface area contributed by atoms with Crippen LogP contribution in [0.4, 0.5) is 18.9 Å². The number of nitrogens with zero attached hydrogens (tertiary/aromatic N) is 3. The number of fused-ring (bicyclic) bond motifs is 1. The largest absolute Gasteiger partial charge is 0.490 e. The van der Waals surface area contributed by atoms with Crippen LogP contribution in [0.15, 0.2) is 48.8 Å². The Hall–Kier alpha value is -3.23. The first-order valence-electron chi connectivity index (χ1n) is 9.17. The molecule has 0 atom stereocenters. The van der Waals surface area contributed by atoms with Gasteiger partial charge in [0, 0.05) is 50.1 Å². The predicted molar refractivity (Wildman–Crippen MR) is 101 cm³/mol. The third-order valence-electron chi connectivity index (χ3n) is 4.99. The van der Waals surface area contributed by atoms with Gasteiger partial charge in [0.25, 0.3) is 5.91 Å². The van der Waals surface area contributed by atoms with Gasteiger partial charge in [0.1, 0.15) is 23.2 Å². The maximum Gasteiger partial charge on any atom is 0.416 e. The Balaban J connectivity index is 1.37. The van der Waals surface area contributed by atoms with Crippen molar-refractivity contribution in [2.45, 2.75) is 25.1 Å². The number of primary amides is 1. The molecule has 1 saturated heterocycles. The van der Waals surface area contributed by atoms with Crippen LogP contribution in [0.2, 0.25) is 0 Å². The zero-order valence-electron chi connectivity index (χ0n) is 15.4. The maximum atomic E-state index is 12.7. The molecule has 0 aliphatic carbocycles. The highest BCUT2D eigenvalue weighted by Crippen LogP contribution is 2.31. The highest BCUT2D eigenvalue weighted by molar-refractivity contribution is 5.91. The molecule has 29 heavy (non-hydrogen) atoms. The normalized spacial score (nSPS) is 15.6. The van der Waals surface area contributed by atoms with Gasteiger partial charge < -0.3 is 19.8 Å². The lowest BCUT2D eigenvalue weighted by Gasteiger charge is -2.33. The summed E-state index contributed by atoms with van der Waals surface area (Å²) in [6, 6.07) is 8.77. The summed E-state index contributed by atoms with van der Waals surface area (Å²) in [6.45, 7) is 1.38. The summed E-state index contributed by atoms with van der Waals surface area (Å²) in [5.74, 6) is 0.0545. The van der Waals surface area contributed by atoms with Crippen molar-refractivity contribution in [3.63, 3.8) is 0 Å². The number of carbonyl (C=O) groups is 1. The number of amides is 1. The summed E-state index contributed by atoms with van der Waals surface area (Å²) in [5.41, 5.74) is 6.13. The Morgan fingerprint density at radius 3 is 2.45 bits per heavy atom. The van der Waals surface area contributed by atoms with E-state index in [0.717, 1.165) is 30.7 Å². The van der Waals surface area contributed by atoms with Crippen molar-refractivity contribution in [2.75, 3.05) is 18.0 Å². The van der Waals surface area contributed by atoms with Gasteiger partial charge in [-0.05, 0) is 30.3 Å². The second-order valence-electron chi connectivity index (χ2n) is 6.97. The van der Waals surface area contributed by atoms with Crippen LogP contribution in [-0.4, -0.2) is 34.5 Å². The SMILES string of the molecule is NC(=O)c1cn2ccc(OC3CCN(c4ccc(C(F)(F)F)cc4)CC3)cc2n1. The molecule has 0 bridgehead atoms. The molecule has 3 heterocycles. The lowest BCUT2D eigenvalue weighted by atomic mass is 10.1. The van der Waals surface area contributed by atoms with Gasteiger partial charge >= 0.3 is 6.18 Å². The number of carbonyl (C=O) groups excluding carboxylic acids is 1. The van der Waals surface area contributed by atoms with Crippen LogP contribution in [0.5, 0.6) is 5.75 Å². The third kappa shape index (κ3) is 4.13. The van der Waals surface area contributed by atoms with Crippen LogP contribution in [0, 0.1) is 0 Å². The number of hydrogen-bond donors (Lipinski definition) is 1. The van der Waals surface area contributed by atoms with Gasteiger partial charge in [0.2, 0.25) is 0 Å². The number of ether oxygens (including phenoxy) is 1. The molecule has 152 valence electrons. The fourth-order valence-electron chi connectivity index (χ4n) is 3.44. The number of alkyl halides is 3. The Labute approximate surface area is 164 Å². The minimum atomic E-state index is -4.33. The highest BCUT2D eigenvalue weighted by atomic mass is 19.4. The van der Waals surface area contributed by atoms with E-state index in [1.807, 2.05) is 0 Å². The zero-order chi connectivity index (χ0) is 20.6. The molecule has 1 aromatic carbocycles. The molecular weight excluding hydrogens is 385 g/mol. The van der Waals surface area contributed by atoms with Crippen LogP contribution in [0.3, 0.4) is 0 Å². The van der Waals surface area contributed by atoms with Crippen LogP contribution in [0.1, 0.15) is 28.9 Å². The van der Waals surface area contributed by atoms with Crippen molar-refractivity contribution in [3.05, 3.63) is 60.0 Å². The standard InChI is InChI=1S/C20H19F3N4O2/c21-20(22,23)13-1-3-14(4-2-13)26-8-5-15(6-9-26)29-16-7-10-27-12-17(19(24)28)25-18(27)11-16/h1-4,7,10-12,15H,5-6,8-9H2,(H2,24,28). The highest BCUT2D eigenvalue weighted by Gasteiger charge is 2.30. The van der Waals surface area contributed by atoms with Crippen molar-refractivity contribution in [1.82, 2.24) is 9.38 Å². The van der Waals surface area contributed by atoms with E-state index >= 15 is 0 Å². The van der Waals surface area contributed by atoms with Crippen LogP contribution >= 0.6 is 0 Å². The van der Waals surface area contributed by atoms with E-state index < -0.39 is 17.6 Å². The zero-order valence-corrected chi connectivity index (χ0v) is 15.4. The van der Waals surface area contributed by atoms with E-state index in [2.05, 4.69) is 9.88 Å². The van der Waals surface area contributed by atoms with Gasteiger partial charge in [-0.25, -0.2) is 4.98 Å². The van der Waals surface area contributed by atoms with E-state index in [-0.39, 0.29) is 11.8 Å². The van der Waals surface area contributed by atoms with E-state index in [9.17, 15) is 18.0 Å². The summed E-state index contributed by atoms with van der Waals surface area (Å²) in [4.78, 5) is 17.5. The molecule has 0 saturated carbocycles. The Bertz CT molecular complexity index is 1020.